The Morgan fingerprint density at radius 3 is 1.26 bits per heavy atom. The summed E-state index contributed by atoms with van der Waals surface area (Å²) in [4.78, 5) is 23.0. The fourth-order valence-electron chi connectivity index (χ4n) is 7.13. The van der Waals surface area contributed by atoms with E-state index in [4.69, 9.17) is 18.5 Å². The van der Waals surface area contributed by atoms with E-state index >= 15 is 0 Å². The zero-order valence-electron chi connectivity index (χ0n) is 43.4. The van der Waals surface area contributed by atoms with Gasteiger partial charge < -0.3 is 18.9 Å². The highest BCUT2D eigenvalue weighted by atomic mass is 31.2. The van der Waals surface area contributed by atoms with Crippen molar-refractivity contribution >= 4 is 13.8 Å². The second kappa shape index (κ2) is 49.1. The highest BCUT2D eigenvalue weighted by molar-refractivity contribution is 7.47. The Kier molecular flexibility index (Phi) is 47.4. The van der Waals surface area contributed by atoms with Gasteiger partial charge >= 0.3 is 13.8 Å². The van der Waals surface area contributed by atoms with Gasteiger partial charge in [-0.3, -0.25) is 13.8 Å². The monoisotopic (exact) mass is 945 g/mol. The topological polar surface area (TPSA) is 91.3 Å². The van der Waals surface area contributed by atoms with Crippen LogP contribution < -0.4 is 0 Å². The lowest BCUT2D eigenvalue weighted by molar-refractivity contribution is -0.870. The average Bonchev–Trinajstić information content (AvgIpc) is 3.28. The van der Waals surface area contributed by atoms with Crippen molar-refractivity contribution in [1.29, 1.82) is 0 Å². The molecular formula is C57H103NO7P+. The van der Waals surface area contributed by atoms with Crippen molar-refractivity contribution < 1.29 is 37.3 Å². The first-order chi connectivity index (χ1) is 32.1. The van der Waals surface area contributed by atoms with Crippen molar-refractivity contribution in [2.45, 2.75) is 219 Å². The normalized spacial score (nSPS) is 14.2. The number of carbonyl (C=O) groups excluding carboxylic acids is 1. The summed E-state index contributed by atoms with van der Waals surface area (Å²) in [5.41, 5.74) is 0. The van der Waals surface area contributed by atoms with E-state index in [0.717, 1.165) is 64.2 Å². The van der Waals surface area contributed by atoms with Gasteiger partial charge in [-0.25, -0.2) is 4.57 Å². The van der Waals surface area contributed by atoms with E-state index in [0.29, 0.717) is 24.1 Å². The molecule has 0 aromatic carbocycles. The van der Waals surface area contributed by atoms with Gasteiger partial charge in [-0.05, 0) is 64.2 Å². The van der Waals surface area contributed by atoms with Crippen molar-refractivity contribution in [2.75, 3.05) is 54.1 Å². The molecule has 0 bridgehead atoms. The number of carbonyl (C=O) groups is 1. The highest BCUT2D eigenvalue weighted by Crippen LogP contribution is 2.43. The number of rotatable bonds is 49. The third-order valence-corrected chi connectivity index (χ3v) is 12.2. The number of nitrogens with zero attached hydrogens (tertiary/aromatic N) is 1. The first kappa shape index (κ1) is 63.7. The number of phosphoric acid groups is 1. The molecule has 1 N–H and O–H groups in total. The van der Waals surface area contributed by atoms with Crippen LogP contribution in [0.15, 0.2) is 85.1 Å². The van der Waals surface area contributed by atoms with Gasteiger partial charge in [0.05, 0.1) is 34.4 Å². The minimum Gasteiger partial charge on any atom is -0.457 e. The summed E-state index contributed by atoms with van der Waals surface area (Å²) in [6.07, 6.45) is 66.5. The van der Waals surface area contributed by atoms with Gasteiger partial charge in [0.15, 0.2) is 0 Å². The van der Waals surface area contributed by atoms with E-state index in [9.17, 15) is 14.3 Å². The zero-order chi connectivity index (χ0) is 48.3. The van der Waals surface area contributed by atoms with E-state index in [1.165, 1.54) is 122 Å². The third-order valence-electron chi connectivity index (χ3n) is 11.2. The molecule has 66 heavy (non-hydrogen) atoms. The van der Waals surface area contributed by atoms with Crippen molar-refractivity contribution in [3.05, 3.63) is 85.1 Å². The first-order valence-electron chi connectivity index (χ1n) is 26.8. The zero-order valence-corrected chi connectivity index (χ0v) is 44.3. The van der Waals surface area contributed by atoms with Gasteiger partial charge in [-0.15, -0.1) is 0 Å². The Bertz CT molecular complexity index is 1330. The van der Waals surface area contributed by atoms with Crippen LogP contribution in [0.5, 0.6) is 0 Å². The minimum atomic E-state index is -4.30. The molecule has 0 spiro atoms. The van der Waals surface area contributed by atoms with Crippen LogP contribution in [0.25, 0.3) is 0 Å². The Morgan fingerprint density at radius 1 is 0.485 bits per heavy atom. The van der Waals surface area contributed by atoms with E-state index in [1.54, 1.807) is 0 Å². The van der Waals surface area contributed by atoms with Crippen molar-refractivity contribution in [1.82, 2.24) is 0 Å². The van der Waals surface area contributed by atoms with Crippen molar-refractivity contribution in [3.8, 4) is 0 Å². The van der Waals surface area contributed by atoms with E-state index in [-0.39, 0.29) is 32.2 Å². The molecule has 2 unspecified atom stereocenters. The number of phosphoric ester groups is 1. The third kappa shape index (κ3) is 52.6. The number of likely N-dealkylation sites (N-methyl/N-ethyl adjacent to an activating group) is 1. The summed E-state index contributed by atoms with van der Waals surface area (Å²) < 4.78 is 35.1. The molecular weight excluding hydrogens is 842 g/mol. The molecule has 0 amide bonds. The second-order valence-corrected chi connectivity index (χ2v) is 20.3. The van der Waals surface area contributed by atoms with Gasteiger partial charge in [0.2, 0.25) is 0 Å². The van der Waals surface area contributed by atoms with Crippen molar-refractivity contribution in [3.63, 3.8) is 0 Å². The Labute approximate surface area is 407 Å². The molecule has 2 atom stereocenters. The van der Waals surface area contributed by atoms with E-state index < -0.39 is 13.9 Å². The van der Waals surface area contributed by atoms with Gasteiger partial charge in [0, 0.05) is 13.0 Å². The molecule has 9 heteroatoms. The second-order valence-electron chi connectivity index (χ2n) is 18.9. The number of esters is 1. The molecule has 0 saturated heterocycles. The van der Waals surface area contributed by atoms with Crippen LogP contribution in [0, 0.1) is 0 Å². The Morgan fingerprint density at radius 2 is 0.864 bits per heavy atom. The number of ether oxygens (including phenoxy) is 2. The summed E-state index contributed by atoms with van der Waals surface area (Å²) in [7, 11) is 1.63. The predicted molar refractivity (Wildman–Crippen MR) is 284 cm³/mol. The Hall–Kier alpha value is -2.32. The molecule has 8 nitrogen and oxygen atoms in total. The smallest absolute Gasteiger partial charge is 0.457 e. The molecule has 0 radical (unpaired) electrons. The number of hydrogen-bond acceptors (Lipinski definition) is 6. The molecule has 0 rings (SSSR count). The van der Waals surface area contributed by atoms with Gasteiger partial charge in [-0.1, -0.05) is 227 Å². The van der Waals surface area contributed by atoms with Gasteiger partial charge in [0.25, 0.3) is 0 Å². The molecule has 0 aromatic rings. The fraction of sp³-hybridized carbons (Fsp3) is 0.737. The molecule has 0 fully saturated rings. The number of quaternary nitrogens is 1. The predicted octanol–water partition coefficient (Wildman–Crippen LogP) is 16.8. The van der Waals surface area contributed by atoms with E-state index in [1.807, 2.05) is 21.1 Å². The number of unbranched alkanes of at least 4 members (excludes halogenated alkanes) is 21. The summed E-state index contributed by atoms with van der Waals surface area (Å²) in [6, 6.07) is 0. The molecule has 0 aliphatic carbocycles. The summed E-state index contributed by atoms with van der Waals surface area (Å²) >= 11 is 0. The standard InChI is InChI=1S/C57H102NO7P/c1-6-8-10-12-14-16-18-20-22-24-26-28-29-30-32-34-36-38-40-42-44-46-48-50-57(59)65-56(55-64-66(60,61)63-53-51-58(3,4)5)54-62-52-49-47-45-43-41-39-37-35-33-31-27-25-23-21-19-17-15-13-11-9-7-2/h8,10,14,16,20,22,26,28,30,32,36,38,42,44,56H,6-7,9,11-13,15,17-19,21,23-25,27,29,31,33-35,37,39-41,43,45-55H2,1-5H3/p+1/b10-8-,16-14-,22-20-,28-26-,32-30-,38-36-,44-42-. The lowest BCUT2D eigenvalue weighted by atomic mass is 10.0. The van der Waals surface area contributed by atoms with Crippen LogP contribution in [0.1, 0.15) is 213 Å². The number of hydrogen-bond donors (Lipinski definition) is 1. The summed E-state index contributed by atoms with van der Waals surface area (Å²) in [6.45, 7) is 5.45. The summed E-state index contributed by atoms with van der Waals surface area (Å²) in [5.74, 6) is -0.370. The maximum atomic E-state index is 12.8. The molecule has 0 saturated carbocycles. The molecule has 0 aromatic heterocycles. The van der Waals surface area contributed by atoms with Crippen LogP contribution in [0.2, 0.25) is 0 Å². The fourth-order valence-corrected chi connectivity index (χ4v) is 7.87. The van der Waals surface area contributed by atoms with Crippen molar-refractivity contribution in [2.24, 2.45) is 0 Å². The average molecular weight is 945 g/mol. The maximum absolute atomic E-state index is 12.8. The first-order valence-corrected chi connectivity index (χ1v) is 28.3. The molecule has 0 aliphatic heterocycles. The van der Waals surface area contributed by atoms with Crippen LogP contribution in [0.4, 0.5) is 0 Å². The summed E-state index contributed by atoms with van der Waals surface area (Å²) in [5, 5.41) is 0. The van der Waals surface area contributed by atoms with Crippen LogP contribution in [-0.2, 0) is 27.9 Å². The molecule has 0 heterocycles. The quantitative estimate of drug-likeness (QED) is 0.0214. The lowest BCUT2D eigenvalue weighted by Crippen LogP contribution is -2.37. The van der Waals surface area contributed by atoms with E-state index in [2.05, 4.69) is 98.9 Å². The molecule has 382 valence electrons. The number of allylic oxidation sites excluding steroid dienone is 14. The lowest BCUT2D eigenvalue weighted by Gasteiger charge is -2.24. The largest absolute Gasteiger partial charge is 0.472 e. The Balaban J connectivity index is 4.23. The van der Waals surface area contributed by atoms with Gasteiger partial charge in [0.1, 0.15) is 19.3 Å². The SMILES string of the molecule is CC/C=C\C/C=C\C/C=C\C/C=C\C/C=C\C/C=C\C/C=C\CCCC(=O)OC(COCCCCCCCCCCCCCCCCCCCCCCC)COP(=O)(O)OCC[N+](C)(C)C. The maximum Gasteiger partial charge on any atom is 0.472 e. The van der Waals surface area contributed by atoms with Gasteiger partial charge in [-0.2, -0.15) is 0 Å². The van der Waals surface area contributed by atoms with Crippen LogP contribution in [0.3, 0.4) is 0 Å². The minimum absolute atomic E-state index is 0.0747. The highest BCUT2D eigenvalue weighted by Gasteiger charge is 2.26. The van der Waals surface area contributed by atoms with Crippen LogP contribution >= 0.6 is 7.82 Å². The molecule has 0 aliphatic rings. The van der Waals surface area contributed by atoms with Crippen LogP contribution in [-0.4, -0.2) is 75.6 Å².